The molecule has 0 bridgehead atoms. The van der Waals surface area contributed by atoms with Crippen LogP contribution in [0.25, 0.3) is 33.3 Å². The fourth-order valence-electron chi connectivity index (χ4n) is 8.49. The molecule has 0 spiro atoms. The Kier molecular flexibility index (Phi) is 11.3. The average molecular weight is 886 g/mol. The Morgan fingerprint density at radius 2 is 1.55 bits per heavy atom. The van der Waals surface area contributed by atoms with E-state index >= 15 is 0 Å². The van der Waals surface area contributed by atoms with Gasteiger partial charge in [-0.1, -0.05) is 90.8 Å². The smallest absolute Gasteiger partial charge is 0.509 e. The van der Waals surface area contributed by atoms with Crippen molar-refractivity contribution in [2.45, 2.75) is 94.4 Å². The third kappa shape index (κ3) is 7.31. The molecule has 3 atom stereocenters. The van der Waals surface area contributed by atoms with Gasteiger partial charge in [0.2, 0.25) is 0 Å². The first-order chi connectivity index (χ1) is 24.8. The number of nitrogens with zero attached hydrogens (tertiary/aromatic N) is 4. The van der Waals surface area contributed by atoms with Crippen molar-refractivity contribution >= 4 is 21.8 Å². The van der Waals surface area contributed by atoms with Crippen molar-refractivity contribution < 1.29 is 25.8 Å². The van der Waals surface area contributed by atoms with E-state index < -0.39 is 0 Å². The molecular formula is C47H54N4OPt. The van der Waals surface area contributed by atoms with Crippen LogP contribution in [0.1, 0.15) is 102 Å². The number of rotatable bonds is 9. The molecule has 0 N–H and O–H groups in total. The summed E-state index contributed by atoms with van der Waals surface area (Å²) in [5.41, 5.74) is 10.5. The number of hydrogen-bond donors (Lipinski definition) is 0. The van der Waals surface area contributed by atoms with Crippen LogP contribution < -0.4 is 4.74 Å². The van der Waals surface area contributed by atoms with E-state index in [9.17, 15) is 0 Å². The van der Waals surface area contributed by atoms with Gasteiger partial charge in [0.25, 0.3) is 0 Å². The monoisotopic (exact) mass is 885 g/mol. The van der Waals surface area contributed by atoms with E-state index in [-0.39, 0.29) is 21.1 Å². The summed E-state index contributed by atoms with van der Waals surface area (Å²) in [6.45, 7) is 25.3. The van der Waals surface area contributed by atoms with Crippen molar-refractivity contribution in [3.63, 3.8) is 0 Å². The van der Waals surface area contributed by atoms with Gasteiger partial charge in [-0.3, -0.25) is 4.68 Å². The van der Waals surface area contributed by atoms with Gasteiger partial charge in [-0.2, -0.15) is 11.2 Å². The maximum absolute atomic E-state index is 6.68. The van der Waals surface area contributed by atoms with Crippen molar-refractivity contribution in [1.29, 1.82) is 0 Å². The van der Waals surface area contributed by atoms with Gasteiger partial charge in [0.1, 0.15) is 5.82 Å². The molecule has 0 saturated carbocycles. The molecule has 3 aromatic heterocycles. The predicted molar refractivity (Wildman–Crippen MR) is 215 cm³/mol. The minimum atomic E-state index is 0. The third-order valence-electron chi connectivity index (χ3n) is 11.4. The molecule has 3 heterocycles. The second-order valence-corrected chi connectivity index (χ2v) is 16.4. The third-order valence-corrected chi connectivity index (χ3v) is 11.4. The van der Waals surface area contributed by atoms with Crippen LogP contribution in [0, 0.1) is 62.5 Å². The number of aromatic nitrogens is 4. The zero-order valence-electron chi connectivity index (χ0n) is 33.2. The molecule has 0 amide bonds. The molecule has 7 rings (SSSR count). The molecular weight excluding hydrogens is 832 g/mol. The zero-order valence-corrected chi connectivity index (χ0v) is 35.5. The van der Waals surface area contributed by atoms with E-state index in [4.69, 9.17) is 14.8 Å². The largest absolute Gasteiger partial charge is 2.00 e. The topological polar surface area (TPSA) is 44.9 Å². The maximum Gasteiger partial charge on any atom is 2.00 e. The molecule has 0 fully saturated rings. The first-order valence-corrected chi connectivity index (χ1v) is 19.2. The standard InChI is InChI=1S/C47H54N4O.Pt/c1-27(2)34-21-36(51-33(11)46(32(10)49-51)47-41(29(5)6)23-35(28(3)4)24-42(47)30(7)8)25-38(22-34)52-37-16-17-40-39-14-12-13-15-43(39)50(44(40)26-37)45-20-31(9)18-19-48-45;/h12-23,27-30,35,42,47H,24H2,1-11H3;/q-2;+2/t35-,42+,47?;/m0./s1. The Morgan fingerprint density at radius 1 is 0.792 bits per heavy atom. The van der Waals surface area contributed by atoms with Gasteiger partial charge in [0.15, 0.2) is 0 Å². The summed E-state index contributed by atoms with van der Waals surface area (Å²) in [5.74, 6) is 5.64. The molecule has 1 unspecified atom stereocenters. The van der Waals surface area contributed by atoms with E-state index in [2.05, 4.69) is 152 Å². The molecule has 0 aliphatic heterocycles. The van der Waals surface area contributed by atoms with E-state index in [1.165, 1.54) is 23.2 Å². The molecule has 6 aromatic rings. The predicted octanol–water partition coefficient (Wildman–Crippen LogP) is 12.4. The number of aryl methyl sites for hydroxylation is 2. The van der Waals surface area contributed by atoms with Gasteiger partial charge in [-0.15, -0.1) is 41.3 Å². The number of fused-ring (bicyclic) bond motifs is 3. The second kappa shape index (κ2) is 15.4. The quantitative estimate of drug-likeness (QED) is 0.107. The molecule has 53 heavy (non-hydrogen) atoms. The van der Waals surface area contributed by atoms with E-state index in [1.807, 2.05) is 18.3 Å². The zero-order chi connectivity index (χ0) is 37.0. The summed E-state index contributed by atoms with van der Waals surface area (Å²) in [6, 6.07) is 28.3. The molecule has 1 aliphatic carbocycles. The van der Waals surface area contributed by atoms with Crippen molar-refractivity contribution in [3.05, 3.63) is 119 Å². The van der Waals surface area contributed by atoms with Gasteiger partial charge in [0, 0.05) is 40.4 Å². The Bertz CT molecular complexity index is 2290. The van der Waals surface area contributed by atoms with Gasteiger partial charge < -0.3 is 9.30 Å². The molecule has 0 radical (unpaired) electrons. The van der Waals surface area contributed by atoms with Gasteiger partial charge >= 0.3 is 21.1 Å². The summed E-state index contributed by atoms with van der Waals surface area (Å²) in [5, 5.41) is 7.52. The minimum absolute atomic E-state index is 0. The summed E-state index contributed by atoms with van der Waals surface area (Å²) in [7, 11) is 0. The first-order valence-electron chi connectivity index (χ1n) is 19.2. The maximum atomic E-state index is 6.68. The summed E-state index contributed by atoms with van der Waals surface area (Å²) >= 11 is 0. The van der Waals surface area contributed by atoms with Crippen LogP contribution in [0.2, 0.25) is 0 Å². The minimum Gasteiger partial charge on any atom is -0.509 e. The SMILES string of the molecule is Cc1ccnc(-n2c3[c-]c(Oc4[c-]c(-n5nc(C)c(C6C(C(C)C)=C[C@H](C(C)C)C[C@@H]6C(C)C)c5C)cc(C(C)C)c4)ccc3c3ccccc32)c1.[Pt+2]. The average Bonchev–Trinajstić information content (AvgIpc) is 3.59. The fraction of sp³-hybridized carbons (Fsp3) is 0.404. The van der Waals surface area contributed by atoms with Gasteiger partial charge in [-0.25, -0.2) is 4.98 Å². The number of benzene rings is 3. The molecule has 5 nitrogen and oxygen atoms in total. The van der Waals surface area contributed by atoms with Crippen LogP contribution in [0.3, 0.4) is 0 Å². The Balaban J connectivity index is 0.00000481. The van der Waals surface area contributed by atoms with Crippen molar-refractivity contribution in [2.75, 3.05) is 0 Å². The summed E-state index contributed by atoms with van der Waals surface area (Å²) in [6.07, 6.45) is 5.70. The Hall–Kier alpha value is -3.95. The number of hydrogen-bond acceptors (Lipinski definition) is 3. The van der Waals surface area contributed by atoms with Crippen LogP contribution in [0.4, 0.5) is 0 Å². The molecule has 278 valence electrons. The molecule has 0 saturated heterocycles. The molecule has 3 aromatic carbocycles. The van der Waals surface area contributed by atoms with Crippen LogP contribution >= 0.6 is 0 Å². The van der Waals surface area contributed by atoms with Crippen molar-refractivity contribution in [2.24, 2.45) is 29.6 Å². The first kappa shape index (κ1) is 38.8. The van der Waals surface area contributed by atoms with Crippen LogP contribution in [0.15, 0.2) is 78.5 Å². The summed E-state index contributed by atoms with van der Waals surface area (Å²) < 4.78 is 11.0. The summed E-state index contributed by atoms with van der Waals surface area (Å²) in [4.78, 5) is 4.75. The second-order valence-electron chi connectivity index (χ2n) is 16.4. The van der Waals surface area contributed by atoms with Crippen LogP contribution in [-0.4, -0.2) is 19.3 Å². The number of allylic oxidation sites excluding steroid dienone is 2. The van der Waals surface area contributed by atoms with Crippen molar-refractivity contribution in [1.82, 2.24) is 19.3 Å². The Labute approximate surface area is 331 Å². The van der Waals surface area contributed by atoms with Gasteiger partial charge in [-0.05, 0) is 97.5 Å². The van der Waals surface area contributed by atoms with Crippen LogP contribution in [0.5, 0.6) is 11.5 Å². The number of para-hydroxylation sites is 1. The van der Waals surface area contributed by atoms with Crippen molar-refractivity contribution in [3.8, 4) is 23.0 Å². The number of ether oxygens (including phenoxy) is 1. The van der Waals surface area contributed by atoms with Crippen LogP contribution in [-0.2, 0) is 21.1 Å². The van der Waals surface area contributed by atoms with E-state index in [1.54, 1.807) is 5.57 Å². The molecule has 6 heteroatoms. The van der Waals surface area contributed by atoms with E-state index in [0.717, 1.165) is 44.6 Å². The fourth-order valence-corrected chi connectivity index (χ4v) is 8.49. The number of pyridine rings is 1. The van der Waals surface area contributed by atoms with Gasteiger partial charge in [0.05, 0.1) is 5.69 Å². The molecule has 1 aliphatic rings. The normalized spacial score (nSPS) is 17.7. The van der Waals surface area contributed by atoms with E-state index in [0.29, 0.717) is 52.9 Å². The Morgan fingerprint density at radius 3 is 2.23 bits per heavy atom.